The molecule has 0 bridgehead atoms. The Morgan fingerprint density at radius 1 is 1.08 bits per heavy atom. The van der Waals surface area contributed by atoms with E-state index in [1.807, 2.05) is 0 Å². The molecule has 0 spiro atoms. The summed E-state index contributed by atoms with van der Waals surface area (Å²) in [6.45, 7) is 9.48. The van der Waals surface area contributed by atoms with Crippen molar-refractivity contribution in [3.8, 4) is 0 Å². The van der Waals surface area contributed by atoms with E-state index in [9.17, 15) is 23.1 Å². The molecule has 206 valence electrons. The van der Waals surface area contributed by atoms with Crippen molar-refractivity contribution in [1.29, 1.82) is 0 Å². The van der Waals surface area contributed by atoms with E-state index in [1.165, 1.54) is 6.26 Å². The first-order valence-corrected chi connectivity index (χ1v) is 16.5. The van der Waals surface area contributed by atoms with Crippen LogP contribution in [0.1, 0.15) is 91.9 Å². The number of aliphatic hydroxyl groups excluding tert-OH is 1. The van der Waals surface area contributed by atoms with E-state index >= 15 is 0 Å². The van der Waals surface area contributed by atoms with E-state index in [1.54, 1.807) is 0 Å². The molecule has 0 radical (unpaired) electrons. The number of hydrogen-bond donors (Lipinski definition) is 2. The summed E-state index contributed by atoms with van der Waals surface area (Å²) >= 11 is 0. The fraction of sp³-hybridized carbons (Fsp3) is 0.931. The SMILES string of the molecule is CC[C@H]1C(=O)C2C(CC[C@@]3(C)C2CC[C@@H]3[C@H](C)CCC(=O)NCCS(C)(=O)=O)[C@@]2(C)CC[C@@H](O)CC12. The standard InChI is InChI=1S/C29H49NO5S/c1-6-20-24-17-19(31)11-13-29(24,4)23-12-14-28(3)21(8-9-22(28)26(23)27(20)33)18(2)7-10-25(32)30-15-16-36(5,34)35/h18-24,26,31H,6-17H2,1-5H3,(H,30,32)/t18-,19-,20-,21-,22?,23?,24?,26?,28-,29-/m1/s1. The third-order valence-electron chi connectivity index (χ3n) is 11.5. The van der Waals surface area contributed by atoms with Crippen LogP contribution in [0.2, 0.25) is 0 Å². The Hall–Kier alpha value is -0.950. The van der Waals surface area contributed by atoms with Crippen molar-refractivity contribution in [2.45, 2.75) is 98.0 Å². The van der Waals surface area contributed by atoms with Crippen molar-refractivity contribution in [2.75, 3.05) is 18.6 Å². The van der Waals surface area contributed by atoms with Gasteiger partial charge in [0.25, 0.3) is 0 Å². The maximum atomic E-state index is 14.1. The Morgan fingerprint density at radius 3 is 2.42 bits per heavy atom. The number of carbonyl (C=O) groups is 2. The van der Waals surface area contributed by atoms with Crippen LogP contribution < -0.4 is 5.32 Å². The van der Waals surface area contributed by atoms with E-state index in [0.29, 0.717) is 41.8 Å². The lowest BCUT2D eigenvalue weighted by molar-refractivity contribution is -0.173. The zero-order chi connectivity index (χ0) is 26.5. The highest BCUT2D eigenvalue weighted by molar-refractivity contribution is 7.90. The number of sulfone groups is 1. The smallest absolute Gasteiger partial charge is 0.220 e. The predicted molar refractivity (Wildman–Crippen MR) is 142 cm³/mol. The van der Waals surface area contributed by atoms with Crippen molar-refractivity contribution >= 4 is 21.5 Å². The largest absolute Gasteiger partial charge is 0.393 e. The Kier molecular flexibility index (Phi) is 8.04. The van der Waals surface area contributed by atoms with Gasteiger partial charge >= 0.3 is 0 Å². The minimum absolute atomic E-state index is 0.0231. The zero-order valence-electron chi connectivity index (χ0n) is 23.1. The Morgan fingerprint density at radius 2 is 1.75 bits per heavy atom. The van der Waals surface area contributed by atoms with Gasteiger partial charge in [0, 0.05) is 31.1 Å². The molecule has 0 aromatic rings. The van der Waals surface area contributed by atoms with E-state index in [0.717, 1.165) is 57.8 Å². The molecule has 2 N–H and O–H groups in total. The molecule has 0 heterocycles. The molecule has 6 nitrogen and oxygen atoms in total. The molecule has 0 aromatic carbocycles. The van der Waals surface area contributed by atoms with Gasteiger partial charge in [-0.25, -0.2) is 8.42 Å². The summed E-state index contributed by atoms with van der Waals surface area (Å²) in [7, 11) is -3.08. The molecule has 4 fully saturated rings. The first-order chi connectivity index (χ1) is 16.8. The van der Waals surface area contributed by atoms with Crippen LogP contribution in [-0.4, -0.2) is 49.9 Å². The molecule has 36 heavy (non-hydrogen) atoms. The summed E-state index contributed by atoms with van der Waals surface area (Å²) in [5.74, 6) is 2.74. The van der Waals surface area contributed by atoms with Gasteiger partial charge in [-0.15, -0.1) is 0 Å². The fourth-order valence-corrected chi connectivity index (χ4v) is 10.1. The number of carbonyl (C=O) groups excluding carboxylic acids is 2. The van der Waals surface area contributed by atoms with Gasteiger partial charge in [0.2, 0.25) is 5.91 Å². The molecule has 0 saturated heterocycles. The maximum Gasteiger partial charge on any atom is 0.220 e. The normalized spacial score (nSPS) is 43.3. The van der Waals surface area contributed by atoms with E-state index in [2.05, 4.69) is 33.0 Å². The minimum atomic E-state index is -3.08. The third-order valence-corrected chi connectivity index (χ3v) is 12.5. The Labute approximate surface area is 218 Å². The predicted octanol–water partition coefficient (Wildman–Crippen LogP) is 4.40. The van der Waals surface area contributed by atoms with Gasteiger partial charge in [0.15, 0.2) is 0 Å². The number of fused-ring (bicyclic) bond motifs is 5. The number of Topliss-reactive ketones (excluding diaryl/α,β-unsaturated/α-hetero) is 1. The molecule has 0 aromatic heterocycles. The van der Waals surface area contributed by atoms with Gasteiger partial charge in [-0.05, 0) is 98.2 Å². The van der Waals surface area contributed by atoms with Crippen LogP contribution in [-0.2, 0) is 19.4 Å². The number of ketones is 1. The highest BCUT2D eigenvalue weighted by atomic mass is 32.2. The maximum absolute atomic E-state index is 14.1. The minimum Gasteiger partial charge on any atom is -0.393 e. The van der Waals surface area contributed by atoms with E-state index in [-0.39, 0.29) is 47.0 Å². The second kappa shape index (κ2) is 10.3. The summed E-state index contributed by atoms with van der Waals surface area (Å²) in [6, 6.07) is 0. The van der Waals surface area contributed by atoms with Crippen LogP contribution >= 0.6 is 0 Å². The molecule has 4 aliphatic carbocycles. The molecule has 10 atom stereocenters. The van der Waals surface area contributed by atoms with Gasteiger partial charge in [-0.3, -0.25) is 9.59 Å². The lowest BCUT2D eigenvalue weighted by Gasteiger charge is -2.62. The summed E-state index contributed by atoms with van der Waals surface area (Å²) in [5, 5.41) is 13.2. The fourth-order valence-electron chi connectivity index (χ4n) is 9.63. The summed E-state index contributed by atoms with van der Waals surface area (Å²) in [4.78, 5) is 26.4. The van der Waals surface area contributed by atoms with Crippen LogP contribution in [0.15, 0.2) is 0 Å². The molecule has 0 aliphatic heterocycles. The molecule has 4 saturated carbocycles. The second-order valence-corrected chi connectivity index (χ2v) is 15.7. The molecular weight excluding hydrogens is 474 g/mol. The average Bonchev–Trinajstić information content (AvgIpc) is 3.15. The van der Waals surface area contributed by atoms with Gasteiger partial charge < -0.3 is 10.4 Å². The van der Waals surface area contributed by atoms with Crippen molar-refractivity contribution < 1.29 is 23.1 Å². The zero-order valence-corrected chi connectivity index (χ0v) is 23.9. The first kappa shape index (κ1) is 28.1. The van der Waals surface area contributed by atoms with E-state index in [4.69, 9.17) is 0 Å². The van der Waals surface area contributed by atoms with Crippen LogP contribution in [0.5, 0.6) is 0 Å². The Bertz CT molecular complexity index is 949. The van der Waals surface area contributed by atoms with Crippen molar-refractivity contribution in [1.82, 2.24) is 5.32 Å². The number of hydrogen-bond acceptors (Lipinski definition) is 5. The molecule has 7 heteroatoms. The summed E-state index contributed by atoms with van der Waals surface area (Å²) < 4.78 is 22.6. The Balaban J connectivity index is 1.45. The van der Waals surface area contributed by atoms with Crippen LogP contribution in [0.25, 0.3) is 0 Å². The molecular formula is C29H49NO5S. The van der Waals surface area contributed by atoms with Crippen LogP contribution in [0.4, 0.5) is 0 Å². The van der Waals surface area contributed by atoms with Crippen LogP contribution in [0.3, 0.4) is 0 Å². The summed E-state index contributed by atoms with van der Waals surface area (Å²) in [5.41, 5.74) is 0.298. The topological polar surface area (TPSA) is 101 Å². The van der Waals surface area contributed by atoms with E-state index < -0.39 is 9.84 Å². The molecule has 4 unspecified atom stereocenters. The van der Waals surface area contributed by atoms with Gasteiger partial charge in [0.05, 0.1) is 11.9 Å². The number of rotatable bonds is 8. The third kappa shape index (κ3) is 5.04. The number of aliphatic hydroxyl groups is 1. The lowest BCUT2D eigenvalue weighted by atomic mass is 9.42. The average molecular weight is 524 g/mol. The van der Waals surface area contributed by atoms with Gasteiger partial charge in [-0.2, -0.15) is 0 Å². The molecule has 4 rings (SSSR count). The van der Waals surface area contributed by atoms with Crippen molar-refractivity contribution in [3.63, 3.8) is 0 Å². The molecule has 4 aliphatic rings. The lowest BCUT2D eigenvalue weighted by Crippen LogP contribution is -2.60. The highest BCUT2D eigenvalue weighted by Crippen LogP contribution is 2.68. The van der Waals surface area contributed by atoms with Gasteiger partial charge in [-0.1, -0.05) is 27.7 Å². The second-order valence-electron chi connectivity index (χ2n) is 13.4. The van der Waals surface area contributed by atoms with Crippen molar-refractivity contribution in [3.05, 3.63) is 0 Å². The quantitative estimate of drug-likeness (QED) is 0.491. The van der Waals surface area contributed by atoms with Gasteiger partial charge in [0.1, 0.15) is 15.6 Å². The molecule has 1 amide bonds. The van der Waals surface area contributed by atoms with Crippen LogP contribution in [0, 0.1) is 52.3 Å². The number of amides is 1. The first-order valence-electron chi connectivity index (χ1n) is 14.5. The summed E-state index contributed by atoms with van der Waals surface area (Å²) in [6.07, 6.45) is 10.2. The number of nitrogens with one attached hydrogen (secondary N) is 1. The van der Waals surface area contributed by atoms with Crippen molar-refractivity contribution in [2.24, 2.45) is 52.3 Å². The monoisotopic (exact) mass is 523 g/mol. The highest BCUT2D eigenvalue weighted by Gasteiger charge is 2.65.